The molecule has 300 valence electrons. The molecule has 6 unspecified atom stereocenters. The Morgan fingerprint density at radius 3 is 2.60 bits per heavy atom. The van der Waals surface area contributed by atoms with Crippen LogP contribution in [-0.4, -0.2) is 83.3 Å². The Morgan fingerprint density at radius 1 is 1.09 bits per heavy atom. The van der Waals surface area contributed by atoms with Crippen LogP contribution in [0.3, 0.4) is 0 Å². The number of carbonyl (C=O) groups is 1. The number of nitrogens with zero attached hydrogens (tertiary/aromatic N) is 3. The van der Waals surface area contributed by atoms with Crippen molar-refractivity contribution in [3.05, 3.63) is 90.3 Å². The zero-order chi connectivity index (χ0) is 39.2. The number of amides is 1. The molecule has 5 rings (SSSR count). The maximum Gasteiger partial charge on any atom is 0.410 e. The monoisotopic (exact) mass is 759 g/mol. The highest BCUT2D eigenvalue weighted by molar-refractivity contribution is 6.03. The van der Waals surface area contributed by atoms with Gasteiger partial charge < -0.3 is 34.0 Å². The predicted molar refractivity (Wildman–Crippen MR) is 213 cm³/mol. The van der Waals surface area contributed by atoms with Crippen molar-refractivity contribution >= 4 is 11.8 Å². The number of allylic oxidation sites excluding steroid dienone is 1. The molecular formula is C44H61N3O8. The van der Waals surface area contributed by atoms with Crippen LogP contribution in [0.4, 0.5) is 4.79 Å². The fourth-order valence-electron chi connectivity index (χ4n) is 8.65. The number of aliphatic hydroxyl groups is 2. The van der Waals surface area contributed by atoms with Gasteiger partial charge in [-0.15, -0.1) is 13.2 Å². The van der Waals surface area contributed by atoms with E-state index in [-0.39, 0.29) is 44.2 Å². The number of rotatable bonds is 22. The smallest absolute Gasteiger partial charge is 0.410 e. The number of hydrogen-bond acceptors (Lipinski definition) is 10. The minimum absolute atomic E-state index is 0.105. The topological polar surface area (TPSA) is 132 Å². The lowest BCUT2D eigenvalue weighted by molar-refractivity contribution is -0.255. The summed E-state index contributed by atoms with van der Waals surface area (Å²) in [6, 6.07) is 11.2. The van der Waals surface area contributed by atoms with Crippen molar-refractivity contribution in [1.29, 1.82) is 0 Å². The van der Waals surface area contributed by atoms with E-state index in [1.54, 1.807) is 17.1 Å². The highest BCUT2D eigenvalue weighted by Gasteiger charge is 2.65. The SMILES string of the molecule is C=CCCOC(=O)N(CCC)C1CC(=NOCC)C2=CC(CCCCO)C(CCCCO)C3c4cc(OCc5cccc(C)n5)ccc4OC1(OCC=C)C23. The second-order valence-corrected chi connectivity index (χ2v) is 14.6. The van der Waals surface area contributed by atoms with Crippen molar-refractivity contribution in [2.24, 2.45) is 22.9 Å². The number of fused-ring (bicyclic) bond motifs is 2. The standard InChI is InChI=1S/C44H61N3O8/c1-6-10-26-51-43(50)47(22-7-2)40-29-38(46-54-9-4)36-27-32(17-11-13-23-48)35(19-12-14-24-49)41-37-28-34(52-30-33-18-15-16-31(5)45-33)20-21-39(37)55-44(40,42(36)41)53-25-8-3/h6,8,15-16,18,20-21,27-28,32,35,40-42,48-49H,1,3,7,9-14,17,19,22-26,29-30H2,2,4-5H3. The Morgan fingerprint density at radius 2 is 1.89 bits per heavy atom. The maximum atomic E-state index is 14.1. The number of ether oxygens (including phenoxy) is 4. The fourth-order valence-corrected chi connectivity index (χ4v) is 8.65. The lowest BCUT2D eigenvalue weighted by atomic mass is 9.55. The molecule has 1 aliphatic heterocycles. The second-order valence-electron chi connectivity index (χ2n) is 14.6. The van der Waals surface area contributed by atoms with Crippen molar-refractivity contribution in [2.75, 3.05) is 39.6 Å². The largest absolute Gasteiger partial charge is 0.487 e. The summed E-state index contributed by atoms with van der Waals surface area (Å²) in [7, 11) is 0. The first-order chi connectivity index (χ1) is 26.8. The molecule has 2 heterocycles. The molecule has 1 aromatic carbocycles. The van der Waals surface area contributed by atoms with Gasteiger partial charge in [-0.2, -0.15) is 0 Å². The summed E-state index contributed by atoms with van der Waals surface area (Å²) in [5.74, 6) is -0.295. The van der Waals surface area contributed by atoms with Gasteiger partial charge in [0.15, 0.2) is 0 Å². The van der Waals surface area contributed by atoms with E-state index < -0.39 is 23.8 Å². The van der Waals surface area contributed by atoms with E-state index in [9.17, 15) is 15.0 Å². The summed E-state index contributed by atoms with van der Waals surface area (Å²) in [6.45, 7) is 15.4. The minimum Gasteiger partial charge on any atom is -0.487 e. The third kappa shape index (κ3) is 9.80. The van der Waals surface area contributed by atoms with E-state index in [0.717, 1.165) is 53.9 Å². The van der Waals surface area contributed by atoms with E-state index in [1.165, 1.54) is 0 Å². The van der Waals surface area contributed by atoms with Crippen LogP contribution in [0.1, 0.15) is 94.5 Å². The summed E-state index contributed by atoms with van der Waals surface area (Å²) in [6.07, 6.45) is 11.7. The number of aryl methyl sites for hydroxylation is 1. The molecule has 1 aromatic heterocycles. The number of aromatic nitrogens is 1. The number of hydrogen-bond donors (Lipinski definition) is 2. The fraction of sp³-hybridized carbons (Fsp3) is 0.568. The molecule has 0 spiro atoms. The van der Waals surface area contributed by atoms with Crippen LogP contribution < -0.4 is 9.47 Å². The molecule has 1 saturated carbocycles. The van der Waals surface area contributed by atoms with Crippen molar-refractivity contribution in [1.82, 2.24) is 9.88 Å². The summed E-state index contributed by atoms with van der Waals surface area (Å²) < 4.78 is 26.5. The van der Waals surface area contributed by atoms with Gasteiger partial charge in [-0.1, -0.05) is 49.2 Å². The lowest BCUT2D eigenvalue weighted by Gasteiger charge is -2.59. The molecule has 2 aromatic rings. The summed E-state index contributed by atoms with van der Waals surface area (Å²) in [5, 5.41) is 24.4. The quantitative estimate of drug-likeness (QED) is 0.0696. The van der Waals surface area contributed by atoms with Gasteiger partial charge >= 0.3 is 6.09 Å². The Bertz CT molecular complexity index is 1640. The number of unbranched alkanes of at least 4 members (excludes halogenated alkanes) is 2. The summed E-state index contributed by atoms with van der Waals surface area (Å²) >= 11 is 0. The molecule has 1 fully saturated rings. The van der Waals surface area contributed by atoms with E-state index in [1.807, 2.05) is 51.1 Å². The molecule has 0 radical (unpaired) electrons. The van der Waals surface area contributed by atoms with Crippen LogP contribution in [0.25, 0.3) is 0 Å². The predicted octanol–water partition coefficient (Wildman–Crippen LogP) is 8.05. The van der Waals surface area contributed by atoms with Gasteiger partial charge in [0.25, 0.3) is 0 Å². The van der Waals surface area contributed by atoms with Gasteiger partial charge in [0.2, 0.25) is 5.79 Å². The van der Waals surface area contributed by atoms with Gasteiger partial charge in [0.05, 0.1) is 30.5 Å². The average molecular weight is 760 g/mol. The normalized spacial score (nSPS) is 24.5. The zero-order valence-electron chi connectivity index (χ0n) is 33.0. The summed E-state index contributed by atoms with van der Waals surface area (Å²) in [5.41, 5.74) is 4.50. The molecule has 0 bridgehead atoms. The Kier molecular flexibility index (Phi) is 15.8. The van der Waals surface area contributed by atoms with E-state index in [0.29, 0.717) is 63.4 Å². The van der Waals surface area contributed by atoms with Crippen LogP contribution in [0, 0.1) is 24.7 Å². The van der Waals surface area contributed by atoms with Gasteiger partial charge in [0, 0.05) is 43.4 Å². The van der Waals surface area contributed by atoms with Crippen LogP contribution in [0.2, 0.25) is 0 Å². The molecule has 55 heavy (non-hydrogen) atoms. The van der Waals surface area contributed by atoms with Gasteiger partial charge in [-0.05, 0) is 100 Å². The molecule has 0 saturated heterocycles. The lowest BCUT2D eigenvalue weighted by Crippen LogP contribution is -2.70. The number of benzene rings is 1. The Hall–Kier alpha value is -4.19. The number of pyridine rings is 1. The van der Waals surface area contributed by atoms with E-state index in [2.05, 4.69) is 30.3 Å². The molecular weight excluding hydrogens is 698 g/mol. The first-order valence-electron chi connectivity index (χ1n) is 20.2. The first-order valence-corrected chi connectivity index (χ1v) is 20.2. The van der Waals surface area contributed by atoms with E-state index in [4.69, 9.17) is 28.9 Å². The molecule has 1 amide bonds. The number of oxime groups is 1. The van der Waals surface area contributed by atoms with Gasteiger partial charge in [0.1, 0.15) is 30.8 Å². The van der Waals surface area contributed by atoms with Crippen LogP contribution in [-0.2, 0) is 20.9 Å². The van der Waals surface area contributed by atoms with Crippen molar-refractivity contribution < 1.29 is 38.8 Å². The summed E-state index contributed by atoms with van der Waals surface area (Å²) in [4.78, 5) is 26.3. The van der Waals surface area contributed by atoms with Crippen LogP contribution in [0.5, 0.6) is 11.5 Å². The number of aliphatic hydroxyl groups excluding tert-OH is 2. The van der Waals surface area contributed by atoms with Crippen LogP contribution >= 0.6 is 0 Å². The average Bonchev–Trinajstić information content (AvgIpc) is 3.19. The number of carbonyl (C=O) groups excluding carboxylic acids is 1. The molecule has 6 atom stereocenters. The van der Waals surface area contributed by atoms with Gasteiger partial charge in [-0.3, -0.25) is 9.88 Å². The molecule has 3 aliphatic rings. The Balaban J connectivity index is 1.73. The first kappa shape index (κ1) is 42.0. The van der Waals surface area contributed by atoms with Crippen molar-refractivity contribution in [2.45, 2.75) is 103 Å². The molecule has 2 N–H and O–H groups in total. The van der Waals surface area contributed by atoms with Crippen molar-refractivity contribution in [3.63, 3.8) is 0 Å². The highest BCUT2D eigenvalue weighted by atomic mass is 16.7. The zero-order valence-corrected chi connectivity index (χ0v) is 33.0. The highest BCUT2D eigenvalue weighted by Crippen LogP contribution is 2.62. The second kappa shape index (κ2) is 20.6. The van der Waals surface area contributed by atoms with Crippen LogP contribution in [0.15, 0.2) is 78.5 Å². The maximum absolute atomic E-state index is 14.1. The third-order valence-corrected chi connectivity index (χ3v) is 10.9. The Labute approximate surface area is 327 Å². The van der Waals surface area contributed by atoms with Gasteiger partial charge in [-0.25, -0.2) is 4.79 Å². The third-order valence-electron chi connectivity index (χ3n) is 10.9. The van der Waals surface area contributed by atoms with Crippen molar-refractivity contribution in [3.8, 4) is 11.5 Å². The molecule has 2 aliphatic carbocycles. The molecule has 11 heteroatoms. The van der Waals surface area contributed by atoms with E-state index >= 15 is 0 Å². The molecule has 11 nitrogen and oxygen atoms in total. The minimum atomic E-state index is -1.34.